The molecular weight excluding hydrogens is 298 g/mol. The Morgan fingerprint density at radius 2 is 2.13 bits per heavy atom. The Morgan fingerprint density at radius 3 is 2.91 bits per heavy atom. The molecule has 0 saturated carbocycles. The minimum Gasteiger partial charge on any atom is -0.467 e. The zero-order chi connectivity index (χ0) is 16.2. The van der Waals surface area contributed by atoms with Gasteiger partial charge in [-0.05, 0) is 25.1 Å². The highest BCUT2D eigenvalue weighted by Crippen LogP contribution is 2.16. The van der Waals surface area contributed by atoms with E-state index in [0.29, 0.717) is 11.1 Å². The fourth-order valence-electron chi connectivity index (χ4n) is 2.21. The van der Waals surface area contributed by atoms with Gasteiger partial charge in [-0.3, -0.25) is 9.89 Å². The summed E-state index contributed by atoms with van der Waals surface area (Å²) in [7, 11) is 0. The van der Waals surface area contributed by atoms with Crippen LogP contribution in [0.4, 0.5) is 0 Å². The molecule has 0 spiro atoms. The van der Waals surface area contributed by atoms with E-state index in [1.54, 1.807) is 37.3 Å². The molecule has 3 aromatic rings. The van der Waals surface area contributed by atoms with Gasteiger partial charge in [0.25, 0.3) is 5.91 Å². The van der Waals surface area contributed by atoms with E-state index in [1.807, 2.05) is 6.07 Å². The van der Waals surface area contributed by atoms with E-state index in [1.165, 1.54) is 6.26 Å². The molecule has 0 saturated heterocycles. The zero-order valence-corrected chi connectivity index (χ0v) is 12.4. The van der Waals surface area contributed by atoms with Gasteiger partial charge in [-0.15, -0.1) is 0 Å². The second-order valence-corrected chi connectivity index (χ2v) is 5.00. The predicted octanol–water partition coefficient (Wildman–Crippen LogP) is 2.19. The molecule has 2 aromatic heterocycles. The van der Waals surface area contributed by atoms with Gasteiger partial charge >= 0.3 is 5.97 Å². The van der Waals surface area contributed by atoms with Crippen LogP contribution in [0.3, 0.4) is 0 Å². The third-order valence-corrected chi connectivity index (χ3v) is 3.35. The number of para-hydroxylation sites is 1. The van der Waals surface area contributed by atoms with E-state index in [4.69, 9.17) is 9.15 Å². The molecule has 0 radical (unpaired) electrons. The minimum absolute atomic E-state index is 0.160. The molecule has 0 fully saturated rings. The standard InChI is InChI=1S/C16H15N3O4/c1-10(13-7-4-8-22-13)17-14(20)9-23-16(21)15-11-5-2-3-6-12(11)18-19-15/h2-8,10H,9H2,1H3,(H,17,20)(H,18,19)/t10-/m1/s1. The van der Waals surface area contributed by atoms with Crippen LogP contribution >= 0.6 is 0 Å². The summed E-state index contributed by atoms with van der Waals surface area (Å²) < 4.78 is 10.2. The molecule has 1 aromatic carbocycles. The van der Waals surface area contributed by atoms with Gasteiger partial charge in [0.2, 0.25) is 0 Å². The molecule has 0 aliphatic carbocycles. The topological polar surface area (TPSA) is 97.2 Å². The van der Waals surface area contributed by atoms with Gasteiger partial charge in [0.05, 0.1) is 17.8 Å². The van der Waals surface area contributed by atoms with Crippen molar-refractivity contribution in [3.05, 3.63) is 54.1 Å². The van der Waals surface area contributed by atoms with Crippen LogP contribution in [0.2, 0.25) is 0 Å². The number of nitrogens with zero attached hydrogens (tertiary/aromatic N) is 1. The third-order valence-electron chi connectivity index (χ3n) is 3.35. The predicted molar refractivity (Wildman–Crippen MR) is 81.6 cm³/mol. The second-order valence-electron chi connectivity index (χ2n) is 5.00. The lowest BCUT2D eigenvalue weighted by Crippen LogP contribution is -2.31. The molecule has 1 amide bonds. The number of hydrogen-bond donors (Lipinski definition) is 2. The maximum absolute atomic E-state index is 12.0. The average molecular weight is 313 g/mol. The lowest BCUT2D eigenvalue weighted by atomic mass is 10.2. The Labute approximate surface area is 131 Å². The van der Waals surface area contributed by atoms with Gasteiger partial charge < -0.3 is 14.5 Å². The Morgan fingerprint density at radius 1 is 1.30 bits per heavy atom. The van der Waals surface area contributed by atoms with Gasteiger partial charge in [-0.2, -0.15) is 5.10 Å². The number of esters is 1. The van der Waals surface area contributed by atoms with Gasteiger partial charge in [-0.25, -0.2) is 4.79 Å². The van der Waals surface area contributed by atoms with E-state index in [2.05, 4.69) is 15.5 Å². The summed E-state index contributed by atoms with van der Waals surface area (Å²) in [4.78, 5) is 23.9. The molecule has 1 atom stereocenters. The molecule has 7 heteroatoms. The van der Waals surface area contributed by atoms with Crippen LogP contribution in [0.25, 0.3) is 10.9 Å². The van der Waals surface area contributed by atoms with E-state index in [9.17, 15) is 9.59 Å². The van der Waals surface area contributed by atoms with Crippen molar-refractivity contribution in [3.63, 3.8) is 0 Å². The number of furan rings is 1. The molecule has 7 nitrogen and oxygen atoms in total. The molecular formula is C16H15N3O4. The van der Waals surface area contributed by atoms with Crippen LogP contribution in [-0.4, -0.2) is 28.7 Å². The quantitative estimate of drug-likeness (QED) is 0.704. The summed E-state index contributed by atoms with van der Waals surface area (Å²) in [6.07, 6.45) is 1.53. The van der Waals surface area contributed by atoms with E-state index in [-0.39, 0.29) is 18.3 Å². The van der Waals surface area contributed by atoms with Crippen molar-refractivity contribution in [1.82, 2.24) is 15.5 Å². The van der Waals surface area contributed by atoms with Crippen molar-refractivity contribution in [2.45, 2.75) is 13.0 Å². The Kier molecular flexibility index (Phi) is 4.09. The number of carbonyl (C=O) groups is 2. The number of aromatic nitrogens is 2. The number of H-pyrrole nitrogens is 1. The summed E-state index contributed by atoms with van der Waals surface area (Å²) in [6, 6.07) is 10.4. The normalized spacial score (nSPS) is 12.0. The summed E-state index contributed by atoms with van der Waals surface area (Å²) in [5, 5.41) is 10.0. The van der Waals surface area contributed by atoms with E-state index < -0.39 is 11.9 Å². The molecule has 0 aliphatic heterocycles. The van der Waals surface area contributed by atoms with Crippen LogP contribution in [0.15, 0.2) is 47.1 Å². The molecule has 0 bridgehead atoms. The number of amides is 1. The molecule has 0 aliphatic rings. The van der Waals surface area contributed by atoms with Crippen molar-refractivity contribution in [3.8, 4) is 0 Å². The molecule has 118 valence electrons. The largest absolute Gasteiger partial charge is 0.467 e. The summed E-state index contributed by atoms with van der Waals surface area (Å²) in [6.45, 7) is 1.39. The summed E-state index contributed by atoms with van der Waals surface area (Å²) in [5.41, 5.74) is 0.892. The van der Waals surface area contributed by atoms with Crippen LogP contribution in [0, 0.1) is 0 Å². The maximum Gasteiger partial charge on any atom is 0.359 e. The smallest absolute Gasteiger partial charge is 0.359 e. The van der Waals surface area contributed by atoms with Gasteiger partial charge in [0, 0.05) is 5.39 Å². The highest BCUT2D eigenvalue weighted by Gasteiger charge is 2.18. The van der Waals surface area contributed by atoms with Crippen molar-refractivity contribution < 1.29 is 18.7 Å². The zero-order valence-electron chi connectivity index (χ0n) is 12.4. The SMILES string of the molecule is C[C@@H](NC(=O)COC(=O)c1n[nH]c2ccccc12)c1ccco1. The summed E-state index contributed by atoms with van der Waals surface area (Å²) in [5.74, 6) is -0.437. The lowest BCUT2D eigenvalue weighted by molar-refractivity contribution is -0.125. The van der Waals surface area contributed by atoms with Crippen molar-refractivity contribution in [1.29, 1.82) is 0 Å². The highest BCUT2D eigenvalue weighted by atomic mass is 16.5. The van der Waals surface area contributed by atoms with E-state index >= 15 is 0 Å². The van der Waals surface area contributed by atoms with Crippen LogP contribution in [0.1, 0.15) is 29.2 Å². The molecule has 3 rings (SSSR count). The highest BCUT2D eigenvalue weighted by molar-refractivity contribution is 6.02. The maximum atomic E-state index is 12.0. The summed E-state index contributed by atoms with van der Waals surface area (Å²) >= 11 is 0. The number of hydrogen-bond acceptors (Lipinski definition) is 5. The fraction of sp³-hybridized carbons (Fsp3) is 0.188. The number of benzene rings is 1. The number of ether oxygens (including phenoxy) is 1. The first kappa shape index (κ1) is 14.8. The monoisotopic (exact) mass is 313 g/mol. The van der Waals surface area contributed by atoms with Crippen molar-refractivity contribution in [2.75, 3.05) is 6.61 Å². The third kappa shape index (κ3) is 3.23. The molecule has 23 heavy (non-hydrogen) atoms. The first-order valence-corrected chi connectivity index (χ1v) is 7.08. The molecule has 0 unspecified atom stereocenters. The number of nitrogens with one attached hydrogen (secondary N) is 2. The molecule has 2 heterocycles. The van der Waals surface area contributed by atoms with E-state index in [0.717, 1.165) is 5.52 Å². The average Bonchev–Trinajstić information content (AvgIpc) is 3.22. The fourth-order valence-corrected chi connectivity index (χ4v) is 2.21. The van der Waals surface area contributed by atoms with Gasteiger partial charge in [-0.1, -0.05) is 18.2 Å². The molecule has 2 N–H and O–H groups in total. The Hall–Kier alpha value is -3.09. The number of aromatic amines is 1. The Bertz CT molecular complexity index is 823. The van der Waals surface area contributed by atoms with Crippen molar-refractivity contribution in [2.24, 2.45) is 0 Å². The first-order valence-electron chi connectivity index (χ1n) is 7.08. The number of rotatable bonds is 5. The van der Waals surface area contributed by atoms with Crippen molar-refractivity contribution >= 4 is 22.8 Å². The van der Waals surface area contributed by atoms with Gasteiger partial charge in [0.1, 0.15) is 5.76 Å². The van der Waals surface area contributed by atoms with Gasteiger partial charge in [0.15, 0.2) is 12.3 Å². The second kappa shape index (κ2) is 6.35. The van der Waals surface area contributed by atoms with Crippen LogP contribution < -0.4 is 5.32 Å². The first-order chi connectivity index (χ1) is 11.1. The minimum atomic E-state index is -0.650. The van der Waals surface area contributed by atoms with Crippen LogP contribution in [-0.2, 0) is 9.53 Å². The van der Waals surface area contributed by atoms with Crippen LogP contribution in [0.5, 0.6) is 0 Å². The Balaban J connectivity index is 1.57. The lowest BCUT2D eigenvalue weighted by Gasteiger charge is -2.11. The number of carbonyl (C=O) groups excluding carboxylic acids is 2. The number of fused-ring (bicyclic) bond motifs is 1.